The first-order valence-corrected chi connectivity index (χ1v) is 13.2. The van der Waals surface area contributed by atoms with Crippen molar-refractivity contribution >= 4 is 38.4 Å². The average Bonchev–Trinajstić information content (AvgIpc) is 3.44. The molecule has 1 aliphatic rings. The molecule has 0 saturated carbocycles. The van der Waals surface area contributed by atoms with E-state index in [2.05, 4.69) is 4.98 Å². The predicted molar refractivity (Wildman–Crippen MR) is 139 cm³/mol. The van der Waals surface area contributed by atoms with E-state index in [1.54, 1.807) is 12.1 Å². The zero-order chi connectivity index (χ0) is 26.2. The lowest BCUT2D eigenvalue weighted by Gasteiger charge is -2.27. The third-order valence-electron chi connectivity index (χ3n) is 6.63. The summed E-state index contributed by atoms with van der Waals surface area (Å²) in [5, 5.41) is 10.0. The number of imide groups is 1. The van der Waals surface area contributed by atoms with Gasteiger partial charge in [0, 0.05) is 23.6 Å². The van der Waals surface area contributed by atoms with Crippen molar-refractivity contribution < 1.29 is 18.0 Å². The highest BCUT2D eigenvalue weighted by Crippen LogP contribution is 2.30. The smallest absolute Gasteiger partial charge is 0.252 e. The van der Waals surface area contributed by atoms with Gasteiger partial charge in [0.15, 0.2) is 0 Å². The third-order valence-corrected chi connectivity index (χ3v) is 8.55. The Morgan fingerprint density at radius 1 is 1.03 bits per heavy atom. The molecule has 1 N–H and O–H groups in total. The molecule has 9 heteroatoms. The van der Waals surface area contributed by atoms with Crippen LogP contribution < -0.4 is 4.90 Å². The number of nitrogens with zero attached hydrogens (tertiary/aromatic N) is 3. The molecular weight excluding hydrogens is 488 g/mol. The lowest BCUT2D eigenvalue weighted by Crippen LogP contribution is -2.46. The van der Waals surface area contributed by atoms with Gasteiger partial charge in [-0.2, -0.15) is 9.57 Å². The van der Waals surface area contributed by atoms with Crippen LogP contribution in [0.3, 0.4) is 0 Å². The molecule has 2 heterocycles. The van der Waals surface area contributed by atoms with Crippen LogP contribution in [0.1, 0.15) is 23.1 Å². The van der Waals surface area contributed by atoms with E-state index in [0.29, 0.717) is 17.7 Å². The van der Waals surface area contributed by atoms with Gasteiger partial charge in [-0.1, -0.05) is 35.9 Å². The van der Waals surface area contributed by atoms with Gasteiger partial charge in [0.1, 0.15) is 6.04 Å². The minimum atomic E-state index is -4.10. The van der Waals surface area contributed by atoms with Gasteiger partial charge in [0.05, 0.1) is 28.6 Å². The molecule has 8 nitrogen and oxygen atoms in total. The number of fused-ring (bicyclic) bond motifs is 1. The topological polar surface area (TPSA) is 114 Å². The molecule has 1 fully saturated rings. The number of hydrogen-bond donors (Lipinski definition) is 1. The van der Waals surface area contributed by atoms with Crippen LogP contribution in [-0.4, -0.2) is 42.1 Å². The molecule has 37 heavy (non-hydrogen) atoms. The molecule has 5 rings (SSSR count). The largest absolute Gasteiger partial charge is 0.361 e. The van der Waals surface area contributed by atoms with E-state index in [9.17, 15) is 18.0 Å². The first kappa shape index (κ1) is 24.4. The average molecular weight is 513 g/mol. The van der Waals surface area contributed by atoms with Crippen molar-refractivity contribution in [1.82, 2.24) is 9.29 Å². The van der Waals surface area contributed by atoms with Gasteiger partial charge >= 0.3 is 0 Å². The summed E-state index contributed by atoms with van der Waals surface area (Å²) >= 11 is 0. The number of amides is 2. The van der Waals surface area contributed by atoms with Crippen molar-refractivity contribution in [2.75, 3.05) is 11.4 Å². The number of anilines is 1. The highest BCUT2D eigenvalue weighted by molar-refractivity contribution is 7.89. The fourth-order valence-electron chi connectivity index (χ4n) is 4.66. The van der Waals surface area contributed by atoms with E-state index in [1.807, 2.05) is 43.5 Å². The van der Waals surface area contributed by atoms with Crippen molar-refractivity contribution in [1.29, 1.82) is 5.26 Å². The zero-order valence-corrected chi connectivity index (χ0v) is 20.9. The second-order valence-electron chi connectivity index (χ2n) is 8.98. The molecule has 0 radical (unpaired) electrons. The molecule has 186 valence electrons. The number of aryl methyl sites for hydroxylation is 1. The highest BCUT2D eigenvalue weighted by Gasteiger charge is 2.46. The van der Waals surface area contributed by atoms with E-state index in [-0.39, 0.29) is 17.9 Å². The van der Waals surface area contributed by atoms with Crippen LogP contribution in [0, 0.1) is 18.3 Å². The molecule has 1 aromatic heterocycles. The van der Waals surface area contributed by atoms with Gasteiger partial charge in [0.2, 0.25) is 15.9 Å². The zero-order valence-electron chi connectivity index (χ0n) is 20.1. The van der Waals surface area contributed by atoms with Crippen LogP contribution in [0.4, 0.5) is 5.69 Å². The number of hydrogen-bond acceptors (Lipinski definition) is 5. The van der Waals surface area contributed by atoms with Gasteiger partial charge in [-0.15, -0.1) is 0 Å². The van der Waals surface area contributed by atoms with Crippen molar-refractivity contribution in [3.8, 4) is 6.07 Å². The van der Waals surface area contributed by atoms with Gasteiger partial charge in [-0.3, -0.25) is 9.59 Å². The number of rotatable bonds is 7. The highest BCUT2D eigenvalue weighted by atomic mass is 32.2. The summed E-state index contributed by atoms with van der Waals surface area (Å²) in [6.45, 7) is 1.88. The number of para-hydroxylation sites is 1. The Morgan fingerprint density at radius 2 is 1.73 bits per heavy atom. The lowest BCUT2D eigenvalue weighted by atomic mass is 10.1. The molecule has 0 bridgehead atoms. The van der Waals surface area contributed by atoms with Crippen molar-refractivity contribution in [2.24, 2.45) is 0 Å². The number of sulfonamides is 1. The number of aromatic amines is 1. The summed E-state index contributed by atoms with van der Waals surface area (Å²) in [6.07, 6.45) is 1.92. The maximum absolute atomic E-state index is 13.8. The number of carbonyl (C=O) groups is 2. The summed E-state index contributed by atoms with van der Waals surface area (Å²) in [7, 11) is -4.10. The molecular formula is C28H24N4O4S. The fraction of sp³-hybridized carbons (Fsp3) is 0.179. The second kappa shape index (κ2) is 9.65. The molecule has 1 atom stereocenters. The number of aromatic nitrogens is 1. The molecule has 4 aromatic rings. The van der Waals surface area contributed by atoms with Crippen LogP contribution in [0.2, 0.25) is 0 Å². The standard InChI is InChI=1S/C28H24N4O4S/c1-19-6-12-23(13-7-19)37(35,36)31(15-14-21-18-30-25-5-3-2-4-24(21)25)26-16-27(33)32(28(26)34)22-10-8-20(17-29)9-11-22/h2-13,18,26,30H,14-16H2,1H3. The first-order chi connectivity index (χ1) is 17.8. The Bertz CT molecular complexity index is 1630. The molecule has 3 aromatic carbocycles. The van der Waals surface area contributed by atoms with E-state index < -0.39 is 27.9 Å². The van der Waals surface area contributed by atoms with E-state index in [1.165, 1.54) is 36.4 Å². The maximum atomic E-state index is 13.8. The molecule has 1 saturated heterocycles. The van der Waals surface area contributed by atoms with Crippen LogP contribution in [0.25, 0.3) is 10.9 Å². The van der Waals surface area contributed by atoms with E-state index in [0.717, 1.165) is 31.2 Å². The Hall–Kier alpha value is -4.26. The molecule has 2 amide bonds. The lowest BCUT2D eigenvalue weighted by molar-refractivity contribution is -0.122. The number of benzene rings is 3. The minimum absolute atomic E-state index is 0.0168. The first-order valence-electron chi connectivity index (χ1n) is 11.8. The molecule has 1 unspecified atom stereocenters. The summed E-state index contributed by atoms with van der Waals surface area (Å²) in [6, 6.07) is 21.0. The van der Waals surface area contributed by atoms with Gasteiger partial charge < -0.3 is 4.98 Å². The van der Waals surface area contributed by atoms with Crippen LogP contribution >= 0.6 is 0 Å². The normalized spacial score (nSPS) is 16.0. The van der Waals surface area contributed by atoms with Gasteiger partial charge in [-0.25, -0.2) is 13.3 Å². The van der Waals surface area contributed by atoms with Crippen LogP contribution in [0.5, 0.6) is 0 Å². The van der Waals surface area contributed by atoms with Crippen molar-refractivity contribution in [3.05, 3.63) is 95.7 Å². The van der Waals surface area contributed by atoms with Crippen LogP contribution in [-0.2, 0) is 26.0 Å². The predicted octanol–water partition coefficient (Wildman–Crippen LogP) is 3.91. The Labute approximate surface area is 214 Å². The maximum Gasteiger partial charge on any atom is 0.252 e. The SMILES string of the molecule is Cc1ccc(S(=O)(=O)N(CCc2c[nH]c3ccccc23)C2CC(=O)N(c3ccc(C#N)cc3)C2=O)cc1. The quantitative estimate of drug-likeness (QED) is 0.377. The monoisotopic (exact) mass is 512 g/mol. The summed E-state index contributed by atoms with van der Waals surface area (Å²) in [5.74, 6) is -1.10. The Balaban J connectivity index is 1.50. The second-order valence-corrected chi connectivity index (χ2v) is 10.9. The summed E-state index contributed by atoms with van der Waals surface area (Å²) in [5.41, 5.74) is 3.45. The van der Waals surface area contributed by atoms with E-state index in [4.69, 9.17) is 5.26 Å². The number of H-pyrrole nitrogens is 1. The van der Waals surface area contributed by atoms with Gasteiger partial charge in [0.25, 0.3) is 5.91 Å². The van der Waals surface area contributed by atoms with E-state index >= 15 is 0 Å². The molecule has 0 spiro atoms. The summed E-state index contributed by atoms with van der Waals surface area (Å²) < 4.78 is 28.8. The number of nitriles is 1. The Morgan fingerprint density at radius 3 is 2.43 bits per heavy atom. The number of nitrogens with one attached hydrogen (secondary N) is 1. The fourth-order valence-corrected chi connectivity index (χ4v) is 6.24. The van der Waals surface area contributed by atoms with Crippen LogP contribution in [0.15, 0.2) is 83.9 Å². The summed E-state index contributed by atoms with van der Waals surface area (Å²) in [4.78, 5) is 30.8. The van der Waals surface area contributed by atoms with Crippen molar-refractivity contribution in [3.63, 3.8) is 0 Å². The third kappa shape index (κ3) is 4.53. The number of carbonyl (C=O) groups excluding carboxylic acids is 2. The molecule has 0 aliphatic carbocycles. The van der Waals surface area contributed by atoms with Crippen molar-refractivity contribution in [2.45, 2.75) is 30.7 Å². The minimum Gasteiger partial charge on any atom is -0.361 e. The van der Waals surface area contributed by atoms with Gasteiger partial charge in [-0.05, 0) is 61.4 Å². The Kier molecular flexibility index (Phi) is 6.38. The molecule has 1 aliphatic heterocycles.